The standard InChI is InChI=1S/C10H5ClN2O2/c11-5-1-2-6-8(3-5)12-4-7-9(6)13-15-10(7)14/h1-4,6H. The number of nitrogens with zero attached hydrogens (tertiary/aromatic N) is 2. The first-order valence-electron chi connectivity index (χ1n) is 4.38. The molecule has 2 aliphatic heterocycles. The number of carbonyl (C=O) groups excluding carboxylic acids is 1. The van der Waals surface area contributed by atoms with Crippen LogP contribution in [0.1, 0.15) is 0 Å². The van der Waals surface area contributed by atoms with Crippen molar-refractivity contribution in [3.63, 3.8) is 0 Å². The van der Waals surface area contributed by atoms with Crippen LogP contribution in [0.2, 0.25) is 0 Å². The van der Waals surface area contributed by atoms with Crippen LogP contribution >= 0.6 is 11.6 Å². The Hall–Kier alpha value is -1.68. The maximum absolute atomic E-state index is 11.2. The van der Waals surface area contributed by atoms with Gasteiger partial charge in [0.2, 0.25) is 0 Å². The molecule has 15 heavy (non-hydrogen) atoms. The predicted molar refractivity (Wildman–Crippen MR) is 55.6 cm³/mol. The number of oxime groups is 1. The van der Waals surface area contributed by atoms with Gasteiger partial charge in [-0.25, -0.2) is 4.79 Å². The van der Waals surface area contributed by atoms with Gasteiger partial charge in [-0.3, -0.25) is 4.99 Å². The summed E-state index contributed by atoms with van der Waals surface area (Å²) in [5, 5.41) is 4.36. The topological polar surface area (TPSA) is 51.0 Å². The molecule has 3 rings (SSSR count). The average molecular weight is 221 g/mol. The molecule has 74 valence electrons. The number of hydrogen-bond donors (Lipinski definition) is 0. The van der Waals surface area contributed by atoms with Gasteiger partial charge in [0, 0.05) is 11.2 Å². The molecule has 0 aromatic heterocycles. The van der Waals surface area contributed by atoms with Crippen molar-refractivity contribution in [3.8, 4) is 0 Å². The zero-order chi connectivity index (χ0) is 10.4. The lowest BCUT2D eigenvalue weighted by atomic mass is 9.88. The number of fused-ring (bicyclic) bond motifs is 3. The molecule has 0 aromatic carbocycles. The van der Waals surface area contributed by atoms with Gasteiger partial charge in [-0.15, -0.1) is 0 Å². The van der Waals surface area contributed by atoms with Crippen LogP contribution in [-0.2, 0) is 9.63 Å². The van der Waals surface area contributed by atoms with Gasteiger partial charge in [-0.2, -0.15) is 0 Å². The lowest BCUT2D eigenvalue weighted by Gasteiger charge is -2.18. The van der Waals surface area contributed by atoms with Crippen LogP contribution < -0.4 is 0 Å². The minimum absolute atomic E-state index is 0.112. The highest BCUT2D eigenvalue weighted by atomic mass is 35.5. The molecular formula is C10H5ClN2O2. The molecule has 0 saturated heterocycles. The summed E-state index contributed by atoms with van der Waals surface area (Å²) in [6, 6.07) is 0. The van der Waals surface area contributed by atoms with Crippen LogP contribution in [0.15, 0.2) is 45.2 Å². The second kappa shape index (κ2) is 2.90. The van der Waals surface area contributed by atoms with Crippen molar-refractivity contribution >= 4 is 29.0 Å². The van der Waals surface area contributed by atoms with E-state index < -0.39 is 5.97 Å². The summed E-state index contributed by atoms with van der Waals surface area (Å²) in [5.74, 6) is -0.555. The number of hydrogen-bond acceptors (Lipinski definition) is 4. The van der Waals surface area contributed by atoms with Crippen LogP contribution in [0.4, 0.5) is 0 Å². The first-order chi connectivity index (χ1) is 7.25. The van der Waals surface area contributed by atoms with E-state index in [0.29, 0.717) is 16.3 Å². The summed E-state index contributed by atoms with van der Waals surface area (Å²) in [5.41, 5.74) is 1.82. The Bertz CT molecular complexity index is 512. The largest absolute Gasteiger partial charge is 0.369 e. The molecule has 5 heteroatoms. The third kappa shape index (κ3) is 1.18. The summed E-state index contributed by atoms with van der Waals surface area (Å²) in [7, 11) is 0. The highest BCUT2D eigenvalue weighted by Crippen LogP contribution is 2.28. The van der Waals surface area contributed by atoms with Gasteiger partial charge in [-0.05, 0) is 12.2 Å². The Morgan fingerprint density at radius 2 is 2.33 bits per heavy atom. The lowest BCUT2D eigenvalue weighted by Crippen LogP contribution is -2.26. The van der Waals surface area contributed by atoms with Crippen molar-refractivity contribution in [2.45, 2.75) is 0 Å². The highest BCUT2D eigenvalue weighted by molar-refractivity contribution is 6.37. The van der Waals surface area contributed by atoms with E-state index in [1.807, 2.05) is 6.08 Å². The van der Waals surface area contributed by atoms with E-state index in [9.17, 15) is 4.79 Å². The Morgan fingerprint density at radius 3 is 3.20 bits per heavy atom. The molecule has 2 heterocycles. The molecule has 0 N–H and O–H groups in total. The fraction of sp³-hybridized carbons (Fsp3) is 0.100. The molecule has 3 aliphatic rings. The molecule has 4 nitrogen and oxygen atoms in total. The van der Waals surface area contributed by atoms with Crippen LogP contribution in [0, 0.1) is 5.92 Å². The van der Waals surface area contributed by atoms with E-state index in [0.717, 1.165) is 5.71 Å². The molecule has 0 fully saturated rings. The first-order valence-corrected chi connectivity index (χ1v) is 4.76. The summed E-state index contributed by atoms with van der Waals surface area (Å²) >= 11 is 5.84. The van der Waals surface area contributed by atoms with Crippen molar-refractivity contribution in [2.24, 2.45) is 16.1 Å². The number of allylic oxidation sites excluding steroid dienone is 4. The van der Waals surface area contributed by atoms with E-state index >= 15 is 0 Å². The van der Waals surface area contributed by atoms with Crippen molar-refractivity contribution in [1.82, 2.24) is 0 Å². The zero-order valence-electron chi connectivity index (χ0n) is 7.48. The molecule has 0 aromatic rings. The number of rotatable bonds is 0. The highest BCUT2D eigenvalue weighted by Gasteiger charge is 2.35. The van der Waals surface area contributed by atoms with Crippen molar-refractivity contribution in [1.29, 1.82) is 0 Å². The monoisotopic (exact) mass is 220 g/mol. The SMILES string of the molecule is O=C1ON=C2C1=CN=C1C=C(Cl)C=CC12. The normalized spacial score (nSPS) is 27.0. The van der Waals surface area contributed by atoms with E-state index in [1.165, 1.54) is 6.20 Å². The van der Waals surface area contributed by atoms with Gasteiger partial charge < -0.3 is 4.84 Å². The van der Waals surface area contributed by atoms with Gasteiger partial charge >= 0.3 is 5.97 Å². The van der Waals surface area contributed by atoms with E-state index in [-0.39, 0.29) is 5.92 Å². The Morgan fingerprint density at radius 1 is 1.47 bits per heavy atom. The van der Waals surface area contributed by atoms with Crippen LogP contribution in [0.25, 0.3) is 0 Å². The Kier molecular flexibility index (Phi) is 1.67. The van der Waals surface area contributed by atoms with E-state index in [2.05, 4.69) is 15.0 Å². The van der Waals surface area contributed by atoms with Gasteiger partial charge in [0.25, 0.3) is 0 Å². The predicted octanol–water partition coefficient (Wildman–Crippen LogP) is 1.55. The molecule has 1 aliphatic carbocycles. The van der Waals surface area contributed by atoms with E-state index in [1.54, 1.807) is 12.2 Å². The third-order valence-corrected chi connectivity index (χ3v) is 2.65. The van der Waals surface area contributed by atoms with Gasteiger partial charge in [0.15, 0.2) is 0 Å². The van der Waals surface area contributed by atoms with Gasteiger partial charge in [0.1, 0.15) is 11.3 Å². The maximum Gasteiger partial charge on any atom is 0.369 e. The maximum atomic E-state index is 11.2. The second-order valence-electron chi connectivity index (χ2n) is 3.32. The number of aliphatic imine (C=N–C) groups is 1. The number of halogens is 1. The summed E-state index contributed by atoms with van der Waals surface area (Å²) in [6.07, 6.45) is 6.85. The Labute approximate surface area is 90.3 Å². The summed E-state index contributed by atoms with van der Waals surface area (Å²) in [4.78, 5) is 20.0. The fourth-order valence-corrected chi connectivity index (χ4v) is 1.88. The van der Waals surface area contributed by atoms with E-state index in [4.69, 9.17) is 11.6 Å². The van der Waals surface area contributed by atoms with Gasteiger partial charge in [-0.1, -0.05) is 22.8 Å². The van der Waals surface area contributed by atoms with Crippen molar-refractivity contribution in [3.05, 3.63) is 35.0 Å². The second-order valence-corrected chi connectivity index (χ2v) is 3.75. The zero-order valence-corrected chi connectivity index (χ0v) is 8.23. The van der Waals surface area contributed by atoms with Crippen molar-refractivity contribution < 1.29 is 9.63 Å². The molecule has 0 bridgehead atoms. The third-order valence-electron chi connectivity index (χ3n) is 2.41. The molecule has 0 amide bonds. The van der Waals surface area contributed by atoms with Crippen LogP contribution in [0.5, 0.6) is 0 Å². The summed E-state index contributed by atoms with van der Waals surface area (Å²) in [6.45, 7) is 0. The molecule has 1 atom stereocenters. The fourth-order valence-electron chi connectivity index (χ4n) is 1.69. The Balaban J connectivity index is 2.12. The number of carbonyl (C=O) groups is 1. The average Bonchev–Trinajstić information content (AvgIpc) is 2.60. The van der Waals surface area contributed by atoms with Crippen molar-refractivity contribution in [2.75, 3.05) is 0 Å². The van der Waals surface area contributed by atoms with Crippen LogP contribution in [-0.4, -0.2) is 17.4 Å². The summed E-state index contributed by atoms with van der Waals surface area (Å²) < 4.78 is 0. The molecule has 0 radical (unpaired) electrons. The molecular weight excluding hydrogens is 216 g/mol. The quantitative estimate of drug-likeness (QED) is 0.582. The molecule has 1 unspecified atom stereocenters. The lowest BCUT2D eigenvalue weighted by molar-refractivity contribution is -0.136. The minimum Gasteiger partial charge on any atom is -0.312 e. The van der Waals surface area contributed by atoms with Gasteiger partial charge in [0.05, 0.1) is 11.6 Å². The first kappa shape index (κ1) is 8.61. The molecule has 0 saturated carbocycles. The van der Waals surface area contributed by atoms with Crippen LogP contribution in [0.3, 0.4) is 0 Å². The molecule has 0 spiro atoms. The smallest absolute Gasteiger partial charge is 0.312 e. The minimum atomic E-state index is -0.443.